The molecule has 0 saturated carbocycles. The second-order valence-electron chi connectivity index (χ2n) is 4.89. The van der Waals surface area contributed by atoms with Crippen molar-refractivity contribution in [2.24, 2.45) is 11.7 Å². The van der Waals surface area contributed by atoms with Crippen LogP contribution < -0.4 is 5.73 Å². The average Bonchev–Trinajstić information content (AvgIpc) is 2.46. The Morgan fingerprint density at radius 2 is 1.80 bits per heavy atom. The van der Waals surface area contributed by atoms with Crippen molar-refractivity contribution in [3.63, 3.8) is 0 Å². The molecule has 20 heavy (non-hydrogen) atoms. The topological polar surface area (TPSA) is 63.4 Å². The molecule has 0 aromatic heterocycles. The number of rotatable bonds is 3. The van der Waals surface area contributed by atoms with E-state index in [0.717, 1.165) is 5.56 Å². The number of hydrogen-bond donors (Lipinski definition) is 1. The summed E-state index contributed by atoms with van der Waals surface area (Å²) >= 11 is 0. The average molecular weight is 276 g/mol. The van der Waals surface area contributed by atoms with Crippen LogP contribution in [0.3, 0.4) is 0 Å². The van der Waals surface area contributed by atoms with Crippen LogP contribution in [0.5, 0.6) is 0 Å². The third kappa shape index (κ3) is 3.66. The number of carbonyl (C=O) groups excluding carboxylic acids is 2. The lowest BCUT2D eigenvalue weighted by atomic mass is 9.96. The predicted molar refractivity (Wildman–Crippen MR) is 73.9 cm³/mol. The minimum absolute atomic E-state index is 0.0998. The molecule has 4 nitrogen and oxygen atoms in total. The van der Waals surface area contributed by atoms with E-state index in [-0.39, 0.29) is 23.5 Å². The van der Waals surface area contributed by atoms with Gasteiger partial charge in [-0.2, -0.15) is 0 Å². The number of piperidine rings is 1. The highest BCUT2D eigenvalue weighted by atomic mass is 19.1. The van der Waals surface area contributed by atoms with Gasteiger partial charge in [0.25, 0.3) is 0 Å². The summed E-state index contributed by atoms with van der Waals surface area (Å²) < 4.78 is 12.7. The summed E-state index contributed by atoms with van der Waals surface area (Å²) in [4.78, 5) is 24.7. The van der Waals surface area contributed by atoms with Crippen molar-refractivity contribution in [2.45, 2.75) is 12.8 Å². The van der Waals surface area contributed by atoms with Crippen LogP contribution in [0, 0.1) is 11.7 Å². The van der Waals surface area contributed by atoms with E-state index in [9.17, 15) is 14.0 Å². The molecule has 2 N–H and O–H groups in total. The van der Waals surface area contributed by atoms with E-state index in [1.54, 1.807) is 23.1 Å². The normalized spacial score (nSPS) is 16.6. The minimum atomic E-state index is -0.304. The van der Waals surface area contributed by atoms with Crippen molar-refractivity contribution >= 4 is 17.9 Å². The summed E-state index contributed by atoms with van der Waals surface area (Å²) in [6, 6.07) is 5.92. The highest BCUT2D eigenvalue weighted by Gasteiger charge is 2.24. The van der Waals surface area contributed by atoms with Crippen LogP contribution in [0.1, 0.15) is 18.4 Å². The Kier molecular flexibility index (Phi) is 4.50. The van der Waals surface area contributed by atoms with E-state index in [1.165, 1.54) is 18.2 Å². The van der Waals surface area contributed by atoms with Gasteiger partial charge in [0.2, 0.25) is 11.8 Å². The summed E-state index contributed by atoms with van der Waals surface area (Å²) in [5, 5.41) is 0. The molecule has 1 aromatic rings. The van der Waals surface area contributed by atoms with Crippen LogP contribution >= 0.6 is 0 Å². The van der Waals surface area contributed by atoms with Gasteiger partial charge in [0.15, 0.2) is 0 Å². The largest absolute Gasteiger partial charge is 0.369 e. The monoisotopic (exact) mass is 276 g/mol. The lowest BCUT2D eigenvalue weighted by molar-refractivity contribution is -0.130. The van der Waals surface area contributed by atoms with E-state index in [1.807, 2.05) is 0 Å². The Morgan fingerprint density at radius 1 is 1.20 bits per heavy atom. The molecule has 2 amide bonds. The van der Waals surface area contributed by atoms with E-state index in [2.05, 4.69) is 0 Å². The van der Waals surface area contributed by atoms with Gasteiger partial charge in [-0.25, -0.2) is 4.39 Å². The molecule has 2 rings (SSSR count). The van der Waals surface area contributed by atoms with Gasteiger partial charge in [0.05, 0.1) is 0 Å². The molecule has 0 aliphatic carbocycles. The first-order valence-electron chi connectivity index (χ1n) is 6.58. The minimum Gasteiger partial charge on any atom is -0.369 e. The number of nitrogens with two attached hydrogens (primary N) is 1. The quantitative estimate of drug-likeness (QED) is 0.852. The Bertz CT molecular complexity index is 517. The number of nitrogens with zero attached hydrogens (tertiary/aromatic N) is 1. The number of amides is 2. The Hall–Kier alpha value is -2.17. The van der Waals surface area contributed by atoms with Gasteiger partial charge in [-0.1, -0.05) is 12.1 Å². The first kappa shape index (κ1) is 14.2. The van der Waals surface area contributed by atoms with E-state index in [0.29, 0.717) is 25.9 Å². The van der Waals surface area contributed by atoms with Crippen molar-refractivity contribution < 1.29 is 14.0 Å². The molecule has 0 radical (unpaired) electrons. The van der Waals surface area contributed by atoms with Crippen molar-refractivity contribution in [1.29, 1.82) is 0 Å². The van der Waals surface area contributed by atoms with Crippen LogP contribution in [-0.4, -0.2) is 29.8 Å². The zero-order valence-corrected chi connectivity index (χ0v) is 11.1. The van der Waals surface area contributed by atoms with Crippen molar-refractivity contribution in [3.05, 3.63) is 41.7 Å². The Labute approximate surface area is 117 Å². The molecule has 0 bridgehead atoms. The fraction of sp³-hybridized carbons (Fsp3) is 0.333. The number of benzene rings is 1. The van der Waals surface area contributed by atoms with Crippen molar-refractivity contribution in [2.75, 3.05) is 13.1 Å². The van der Waals surface area contributed by atoms with Gasteiger partial charge in [0, 0.05) is 25.1 Å². The molecule has 1 heterocycles. The smallest absolute Gasteiger partial charge is 0.246 e. The van der Waals surface area contributed by atoms with Crippen molar-refractivity contribution in [3.8, 4) is 0 Å². The molecular weight excluding hydrogens is 259 g/mol. The van der Waals surface area contributed by atoms with E-state index >= 15 is 0 Å². The molecule has 5 heteroatoms. The summed E-state index contributed by atoms with van der Waals surface area (Å²) in [7, 11) is 0. The predicted octanol–water partition coefficient (Wildman–Crippen LogP) is 1.56. The molecule has 0 spiro atoms. The zero-order chi connectivity index (χ0) is 14.5. The van der Waals surface area contributed by atoms with Gasteiger partial charge < -0.3 is 10.6 Å². The lowest BCUT2D eigenvalue weighted by Crippen LogP contribution is -2.41. The van der Waals surface area contributed by atoms with Gasteiger partial charge >= 0.3 is 0 Å². The molecule has 106 valence electrons. The number of hydrogen-bond acceptors (Lipinski definition) is 2. The highest BCUT2D eigenvalue weighted by molar-refractivity contribution is 5.92. The molecular formula is C15H17FN2O2. The van der Waals surface area contributed by atoms with Gasteiger partial charge in [-0.3, -0.25) is 9.59 Å². The maximum atomic E-state index is 12.7. The maximum Gasteiger partial charge on any atom is 0.246 e. The van der Waals surface area contributed by atoms with Crippen LogP contribution in [0.4, 0.5) is 4.39 Å². The van der Waals surface area contributed by atoms with Crippen LogP contribution in [0.2, 0.25) is 0 Å². The summed E-state index contributed by atoms with van der Waals surface area (Å²) in [5.74, 6) is -0.821. The SMILES string of the molecule is NC(=O)C1CCN(C(=O)C=Cc2ccc(F)cc2)CC1. The molecule has 0 atom stereocenters. The van der Waals surface area contributed by atoms with Crippen LogP contribution in [0.25, 0.3) is 6.08 Å². The van der Waals surface area contributed by atoms with Gasteiger partial charge in [0.1, 0.15) is 5.82 Å². The second kappa shape index (κ2) is 6.32. The number of carbonyl (C=O) groups is 2. The number of primary amides is 1. The first-order valence-corrected chi connectivity index (χ1v) is 6.58. The van der Waals surface area contributed by atoms with Crippen molar-refractivity contribution in [1.82, 2.24) is 4.90 Å². The van der Waals surface area contributed by atoms with E-state index in [4.69, 9.17) is 5.73 Å². The fourth-order valence-electron chi connectivity index (χ4n) is 2.23. The molecule has 1 aromatic carbocycles. The molecule has 0 unspecified atom stereocenters. The fourth-order valence-corrected chi connectivity index (χ4v) is 2.23. The number of halogens is 1. The molecule has 1 saturated heterocycles. The number of likely N-dealkylation sites (tertiary alicyclic amines) is 1. The first-order chi connectivity index (χ1) is 9.56. The summed E-state index contributed by atoms with van der Waals surface area (Å²) in [6.07, 6.45) is 4.36. The maximum absolute atomic E-state index is 12.7. The molecule has 1 fully saturated rings. The summed E-state index contributed by atoms with van der Waals surface area (Å²) in [6.45, 7) is 1.08. The third-order valence-corrected chi connectivity index (χ3v) is 3.50. The van der Waals surface area contributed by atoms with Gasteiger partial charge in [-0.05, 0) is 36.6 Å². The van der Waals surface area contributed by atoms with E-state index < -0.39 is 0 Å². The third-order valence-electron chi connectivity index (χ3n) is 3.50. The standard InChI is InChI=1S/C15H17FN2O2/c16-13-4-1-11(2-5-13)3-6-14(19)18-9-7-12(8-10-18)15(17)20/h1-6,12H,7-10H2,(H2,17,20). The second-order valence-corrected chi connectivity index (χ2v) is 4.89. The lowest BCUT2D eigenvalue weighted by Gasteiger charge is -2.29. The molecule has 1 aliphatic heterocycles. The molecule has 1 aliphatic rings. The van der Waals surface area contributed by atoms with Crippen LogP contribution in [0.15, 0.2) is 30.3 Å². The highest BCUT2D eigenvalue weighted by Crippen LogP contribution is 2.17. The Balaban J connectivity index is 1.89. The Morgan fingerprint density at radius 3 is 2.35 bits per heavy atom. The van der Waals surface area contributed by atoms with Crippen LogP contribution in [-0.2, 0) is 9.59 Å². The summed E-state index contributed by atoms with van der Waals surface area (Å²) in [5.41, 5.74) is 6.02. The van der Waals surface area contributed by atoms with Gasteiger partial charge in [-0.15, -0.1) is 0 Å². The zero-order valence-electron chi connectivity index (χ0n) is 11.1.